The Balaban J connectivity index is 2.53. The molecule has 0 saturated heterocycles. The summed E-state index contributed by atoms with van der Waals surface area (Å²) in [5, 5.41) is 15.2. The molecule has 94 valence electrons. The van der Waals surface area contributed by atoms with Crippen LogP contribution in [0.4, 0.5) is 0 Å². The summed E-state index contributed by atoms with van der Waals surface area (Å²) in [6.45, 7) is 8.32. The zero-order valence-electron chi connectivity index (χ0n) is 10.9. The molecule has 1 rings (SSSR count). The zero-order valence-corrected chi connectivity index (χ0v) is 12.5. The fraction of sp³-hybridized carbons (Fsp3) is 0.615. The van der Waals surface area contributed by atoms with E-state index < -0.39 is 5.54 Å². The molecule has 0 aliphatic rings. The first-order valence-corrected chi connectivity index (χ1v) is 7.60. The highest BCUT2D eigenvalue weighted by atomic mass is 32.2. The molecule has 0 amide bonds. The number of rotatable bonds is 6. The van der Waals surface area contributed by atoms with Crippen LogP contribution in [0.2, 0.25) is 0 Å². The molecule has 2 unspecified atom stereocenters. The fourth-order valence-corrected chi connectivity index (χ4v) is 4.22. The van der Waals surface area contributed by atoms with Crippen molar-refractivity contribution in [3.05, 3.63) is 17.5 Å². The van der Waals surface area contributed by atoms with Gasteiger partial charge in [-0.05, 0) is 38.6 Å². The van der Waals surface area contributed by atoms with E-state index in [4.69, 9.17) is 0 Å². The van der Waals surface area contributed by atoms with Crippen molar-refractivity contribution in [2.24, 2.45) is 0 Å². The second kappa shape index (κ2) is 6.44. The highest BCUT2D eigenvalue weighted by molar-refractivity contribution is 8.01. The minimum Gasteiger partial charge on any atom is -0.297 e. The molecule has 1 aromatic rings. The second-order valence-electron chi connectivity index (χ2n) is 4.81. The Morgan fingerprint density at radius 2 is 2.24 bits per heavy atom. The largest absolute Gasteiger partial charge is 0.297 e. The van der Waals surface area contributed by atoms with Crippen molar-refractivity contribution >= 4 is 23.1 Å². The quantitative estimate of drug-likeness (QED) is 0.795. The van der Waals surface area contributed by atoms with Crippen LogP contribution in [0.15, 0.2) is 21.7 Å². The zero-order chi connectivity index (χ0) is 12.9. The Bertz CT molecular complexity index is 367. The lowest BCUT2D eigenvalue weighted by Crippen LogP contribution is -2.46. The lowest BCUT2D eigenvalue weighted by molar-refractivity contribution is 0.382. The van der Waals surface area contributed by atoms with Crippen molar-refractivity contribution in [3.8, 4) is 6.07 Å². The fourth-order valence-electron chi connectivity index (χ4n) is 1.92. The van der Waals surface area contributed by atoms with Crippen LogP contribution in [0.3, 0.4) is 0 Å². The average molecular weight is 268 g/mol. The molecule has 0 bridgehead atoms. The molecule has 4 heteroatoms. The van der Waals surface area contributed by atoms with Crippen LogP contribution in [-0.4, -0.2) is 16.8 Å². The van der Waals surface area contributed by atoms with Crippen molar-refractivity contribution in [2.75, 3.05) is 0 Å². The van der Waals surface area contributed by atoms with E-state index in [-0.39, 0.29) is 0 Å². The second-order valence-corrected chi connectivity index (χ2v) is 7.49. The monoisotopic (exact) mass is 268 g/mol. The third-order valence-corrected chi connectivity index (χ3v) is 4.54. The standard InChI is InChI=1S/C13H20N2S2/c1-10(2)15-13(4,9-14)8-11(3)17-12-6-5-7-16-12/h5-7,10-11,15H,8H2,1-4H3. The minimum absolute atomic E-state index is 0.332. The molecule has 1 aromatic heterocycles. The van der Waals surface area contributed by atoms with Crippen molar-refractivity contribution in [3.63, 3.8) is 0 Å². The summed E-state index contributed by atoms with van der Waals surface area (Å²) in [5.41, 5.74) is -0.433. The van der Waals surface area contributed by atoms with Crippen LogP contribution in [-0.2, 0) is 0 Å². The number of hydrogen-bond acceptors (Lipinski definition) is 4. The molecular weight excluding hydrogens is 248 g/mol. The van der Waals surface area contributed by atoms with Gasteiger partial charge in [-0.15, -0.1) is 23.1 Å². The van der Waals surface area contributed by atoms with Gasteiger partial charge in [0.05, 0.1) is 10.3 Å². The highest BCUT2D eigenvalue weighted by Crippen LogP contribution is 2.31. The average Bonchev–Trinajstić information content (AvgIpc) is 2.68. The summed E-state index contributed by atoms with van der Waals surface area (Å²) in [6, 6.07) is 6.93. The predicted molar refractivity (Wildman–Crippen MR) is 76.5 cm³/mol. The lowest BCUT2D eigenvalue weighted by Gasteiger charge is -2.28. The lowest BCUT2D eigenvalue weighted by atomic mass is 9.97. The van der Waals surface area contributed by atoms with Gasteiger partial charge in [-0.1, -0.05) is 13.0 Å². The molecular formula is C13H20N2S2. The van der Waals surface area contributed by atoms with E-state index in [2.05, 4.69) is 49.7 Å². The maximum Gasteiger partial charge on any atom is 0.105 e. The molecule has 17 heavy (non-hydrogen) atoms. The molecule has 0 aliphatic carbocycles. The maximum absolute atomic E-state index is 9.29. The third kappa shape index (κ3) is 5.12. The minimum atomic E-state index is -0.433. The van der Waals surface area contributed by atoms with Crippen molar-refractivity contribution in [2.45, 2.75) is 55.2 Å². The summed E-state index contributed by atoms with van der Waals surface area (Å²) < 4.78 is 1.32. The van der Waals surface area contributed by atoms with Gasteiger partial charge < -0.3 is 0 Å². The summed E-state index contributed by atoms with van der Waals surface area (Å²) in [5.74, 6) is 0. The molecule has 1 N–H and O–H groups in total. The van der Waals surface area contributed by atoms with Gasteiger partial charge in [0.25, 0.3) is 0 Å². The van der Waals surface area contributed by atoms with Gasteiger partial charge in [0.1, 0.15) is 5.54 Å². The van der Waals surface area contributed by atoms with Crippen molar-refractivity contribution in [1.29, 1.82) is 5.26 Å². The summed E-state index contributed by atoms with van der Waals surface area (Å²) in [4.78, 5) is 0. The number of nitriles is 1. The first-order valence-electron chi connectivity index (χ1n) is 5.84. The molecule has 0 fully saturated rings. The maximum atomic E-state index is 9.29. The Morgan fingerprint density at radius 3 is 2.71 bits per heavy atom. The van der Waals surface area contributed by atoms with Crippen LogP contribution in [0.25, 0.3) is 0 Å². The van der Waals surface area contributed by atoms with E-state index in [0.29, 0.717) is 11.3 Å². The van der Waals surface area contributed by atoms with Gasteiger partial charge in [0, 0.05) is 11.3 Å². The van der Waals surface area contributed by atoms with E-state index >= 15 is 0 Å². The molecule has 1 heterocycles. The SMILES string of the molecule is CC(C)NC(C)(C#N)CC(C)Sc1cccs1. The van der Waals surface area contributed by atoms with Gasteiger partial charge in [-0.25, -0.2) is 0 Å². The Morgan fingerprint density at radius 1 is 1.53 bits per heavy atom. The molecule has 0 radical (unpaired) electrons. The van der Waals surface area contributed by atoms with E-state index in [1.54, 1.807) is 11.3 Å². The van der Waals surface area contributed by atoms with Gasteiger partial charge in [0.2, 0.25) is 0 Å². The smallest absolute Gasteiger partial charge is 0.105 e. The van der Waals surface area contributed by atoms with E-state index in [9.17, 15) is 5.26 Å². The normalized spacial score (nSPS) is 16.5. The number of thiophene rings is 1. The Labute approximate surface area is 112 Å². The third-order valence-electron chi connectivity index (χ3n) is 2.36. The molecule has 0 spiro atoms. The number of nitrogens with zero attached hydrogens (tertiary/aromatic N) is 1. The molecule has 2 atom stereocenters. The molecule has 0 aromatic carbocycles. The van der Waals surface area contributed by atoms with Gasteiger partial charge in [-0.3, -0.25) is 5.32 Å². The topological polar surface area (TPSA) is 35.8 Å². The Hall–Kier alpha value is -0.500. The first kappa shape index (κ1) is 14.6. The van der Waals surface area contributed by atoms with Crippen LogP contribution < -0.4 is 5.32 Å². The van der Waals surface area contributed by atoms with Gasteiger partial charge in [-0.2, -0.15) is 5.26 Å². The number of nitrogens with one attached hydrogen (secondary N) is 1. The van der Waals surface area contributed by atoms with Crippen molar-refractivity contribution < 1.29 is 0 Å². The summed E-state index contributed by atoms with van der Waals surface area (Å²) in [6.07, 6.45) is 0.851. The predicted octanol–water partition coefficient (Wildman–Crippen LogP) is 3.90. The molecule has 2 nitrogen and oxygen atoms in total. The Kier molecular flexibility index (Phi) is 5.51. The first-order chi connectivity index (χ1) is 7.95. The summed E-state index contributed by atoms with van der Waals surface area (Å²) in [7, 11) is 0. The van der Waals surface area contributed by atoms with Crippen LogP contribution in [0, 0.1) is 11.3 Å². The summed E-state index contributed by atoms with van der Waals surface area (Å²) >= 11 is 3.61. The highest BCUT2D eigenvalue weighted by Gasteiger charge is 2.27. The molecule has 0 saturated carbocycles. The van der Waals surface area contributed by atoms with E-state index in [1.807, 2.05) is 18.7 Å². The number of hydrogen-bond donors (Lipinski definition) is 1. The number of thioether (sulfide) groups is 1. The van der Waals surface area contributed by atoms with Crippen LogP contribution in [0.1, 0.15) is 34.1 Å². The van der Waals surface area contributed by atoms with E-state index in [1.165, 1.54) is 4.21 Å². The van der Waals surface area contributed by atoms with Crippen LogP contribution >= 0.6 is 23.1 Å². The van der Waals surface area contributed by atoms with Crippen molar-refractivity contribution in [1.82, 2.24) is 5.32 Å². The molecule has 0 aliphatic heterocycles. The van der Waals surface area contributed by atoms with Gasteiger partial charge >= 0.3 is 0 Å². The van der Waals surface area contributed by atoms with E-state index in [0.717, 1.165) is 6.42 Å². The van der Waals surface area contributed by atoms with Gasteiger partial charge in [0.15, 0.2) is 0 Å². The van der Waals surface area contributed by atoms with Crippen LogP contribution in [0.5, 0.6) is 0 Å².